The van der Waals surface area contributed by atoms with Crippen molar-refractivity contribution in [2.24, 2.45) is 0 Å². The summed E-state index contributed by atoms with van der Waals surface area (Å²) in [5, 5.41) is 8.82. The Bertz CT molecular complexity index is 976. The van der Waals surface area contributed by atoms with Crippen molar-refractivity contribution in [1.82, 2.24) is 15.0 Å². The monoisotopic (exact) mass is 315 g/mol. The Balaban J connectivity index is 1.82. The minimum atomic E-state index is 0.0658. The molecule has 110 valence electrons. The van der Waals surface area contributed by atoms with Crippen LogP contribution in [0.1, 0.15) is 17.2 Å². The first-order chi connectivity index (χ1) is 11.4. The summed E-state index contributed by atoms with van der Waals surface area (Å²) in [6.07, 6.45) is 0. The number of fused-ring (bicyclic) bond motifs is 3. The summed E-state index contributed by atoms with van der Waals surface area (Å²) >= 11 is 1.83. The molecule has 0 atom stereocenters. The van der Waals surface area contributed by atoms with Gasteiger partial charge in [0.1, 0.15) is 11.6 Å². The molecule has 1 aromatic heterocycles. The second-order valence-electron chi connectivity index (χ2n) is 5.60. The minimum absolute atomic E-state index is 0.0658. The molecule has 0 bridgehead atoms. The van der Waals surface area contributed by atoms with Crippen molar-refractivity contribution in [3.63, 3.8) is 0 Å². The van der Waals surface area contributed by atoms with Gasteiger partial charge in [-0.25, -0.2) is 4.68 Å². The number of hydrogen-bond donors (Lipinski definition) is 0. The topological polar surface area (TPSA) is 30.7 Å². The van der Waals surface area contributed by atoms with Gasteiger partial charge in [0.25, 0.3) is 0 Å². The molecular formula is C19H13N3S. The lowest BCUT2D eigenvalue weighted by Gasteiger charge is -2.28. The van der Waals surface area contributed by atoms with E-state index in [2.05, 4.69) is 64.9 Å². The highest BCUT2D eigenvalue weighted by atomic mass is 32.2. The van der Waals surface area contributed by atoms with Crippen LogP contribution in [0.15, 0.2) is 82.6 Å². The molecule has 5 rings (SSSR count). The molecule has 1 aliphatic heterocycles. The predicted octanol–water partition coefficient (Wildman–Crippen LogP) is 4.53. The molecule has 0 saturated carbocycles. The molecule has 2 heterocycles. The Hall–Kier alpha value is -2.59. The Morgan fingerprint density at radius 3 is 2.09 bits per heavy atom. The minimum Gasteiger partial charge on any atom is -0.233 e. The van der Waals surface area contributed by atoms with Crippen molar-refractivity contribution in [3.05, 3.63) is 83.9 Å². The van der Waals surface area contributed by atoms with E-state index in [4.69, 9.17) is 0 Å². The van der Waals surface area contributed by atoms with Gasteiger partial charge in [-0.05, 0) is 35.4 Å². The lowest BCUT2D eigenvalue weighted by molar-refractivity contribution is 0.571. The maximum Gasteiger partial charge on any atom is 0.113 e. The molecule has 1 aliphatic rings. The van der Waals surface area contributed by atoms with E-state index in [1.165, 1.54) is 20.9 Å². The zero-order valence-corrected chi connectivity index (χ0v) is 13.1. The molecule has 0 aliphatic carbocycles. The lowest BCUT2D eigenvalue weighted by Crippen LogP contribution is -2.18. The standard InChI is InChI=1S/C19H13N3S/c1-5-11-17-13(7-1)19(14-8-2-6-12-18(14)23-17)22-16-10-4-3-9-15(16)20-21-22/h1-12,19H. The number of nitrogens with zero attached hydrogens (tertiary/aromatic N) is 3. The van der Waals surface area contributed by atoms with Gasteiger partial charge in [0.2, 0.25) is 0 Å². The summed E-state index contributed by atoms with van der Waals surface area (Å²) in [6, 6.07) is 25.3. The maximum atomic E-state index is 4.47. The summed E-state index contributed by atoms with van der Waals surface area (Å²) in [7, 11) is 0. The highest BCUT2D eigenvalue weighted by Crippen LogP contribution is 2.46. The first-order valence-corrected chi connectivity index (χ1v) is 8.39. The van der Waals surface area contributed by atoms with Gasteiger partial charge in [-0.2, -0.15) is 0 Å². The van der Waals surface area contributed by atoms with Crippen molar-refractivity contribution >= 4 is 22.8 Å². The van der Waals surface area contributed by atoms with Crippen molar-refractivity contribution in [2.45, 2.75) is 15.8 Å². The zero-order chi connectivity index (χ0) is 15.2. The third-order valence-electron chi connectivity index (χ3n) is 4.27. The molecule has 0 N–H and O–H groups in total. The van der Waals surface area contributed by atoms with Gasteiger partial charge < -0.3 is 0 Å². The highest BCUT2D eigenvalue weighted by Gasteiger charge is 2.28. The highest BCUT2D eigenvalue weighted by molar-refractivity contribution is 7.99. The Morgan fingerprint density at radius 1 is 0.739 bits per heavy atom. The molecule has 3 nitrogen and oxygen atoms in total. The second kappa shape index (κ2) is 4.96. The molecule has 0 unspecified atom stereocenters. The molecule has 23 heavy (non-hydrogen) atoms. The van der Waals surface area contributed by atoms with Crippen molar-refractivity contribution in [2.75, 3.05) is 0 Å². The number of aromatic nitrogens is 3. The smallest absolute Gasteiger partial charge is 0.113 e. The molecule has 0 spiro atoms. The Kier molecular flexibility index (Phi) is 2.78. The van der Waals surface area contributed by atoms with Crippen LogP contribution in [0.5, 0.6) is 0 Å². The van der Waals surface area contributed by atoms with Gasteiger partial charge in [0.05, 0.1) is 5.52 Å². The van der Waals surface area contributed by atoms with Gasteiger partial charge in [-0.1, -0.05) is 65.5 Å². The van der Waals surface area contributed by atoms with Crippen LogP contribution in [0.4, 0.5) is 0 Å². The van der Waals surface area contributed by atoms with E-state index in [0.717, 1.165) is 11.0 Å². The SMILES string of the molecule is c1ccc2c(c1)Sc1ccccc1C2n1nnc2ccccc21. The van der Waals surface area contributed by atoms with E-state index in [9.17, 15) is 0 Å². The van der Waals surface area contributed by atoms with Crippen LogP contribution < -0.4 is 0 Å². The Labute approximate surface area is 138 Å². The zero-order valence-electron chi connectivity index (χ0n) is 12.3. The van der Waals surface area contributed by atoms with E-state index in [0.29, 0.717) is 0 Å². The van der Waals surface area contributed by atoms with Crippen LogP contribution in [-0.2, 0) is 0 Å². The summed E-state index contributed by atoms with van der Waals surface area (Å²) in [6.45, 7) is 0. The van der Waals surface area contributed by atoms with E-state index in [1.807, 2.05) is 34.6 Å². The predicted molar refractivity (Wildman–Crippen MR) is 91.8 cm³/mol. The quantitative estimate of drug-likeness (QED) is 0.455. The van der Waals surface area contributed by atoms with Crippen molar-refractivity contribution in [1.29, 1.82) is 0 Å². The van der Waals surface area contributed by atoms with Gasteiger partial charge in [-0.3, -0.25) is 0 Å². The average molecular weight is 315 g/mol. The van der Waals surface area contributed by atoms with E-state index >= 15 is 0 Å². The number of rotatable bonds is 1. The van der Waals surface area contributed by atoms with Crippen LogP contribution in [0.25, 0.3) is 11.0 Å². The molecule has 0 fully saturated rings. The maximum absolute atomic E-state index is 4.47. The summed E-state index contributed by atoms with van der Waals surface area (Å²) in [5.74, 6) is 0. The molecule has 0 saturated heterocycles. The summed E-state index contributed by atoms with van der Waals surface area (Å²) in [4.78, 5) is 2.58. The Morgan fingerprint density at radius 2 is 1.35 bits per heavy atom. The van der Waals surface area contributed by atoms with Gasteiger partial charge in [0.15, 0.2) is 0 Å². The molecular weight excluding hydrogens is 302 g/mol. The second-order valence-corrected chi connectivity index (χ2v) is 6.69. The fourth-order valence-electron chi connectivity index (χ4n) is 3.23. The van der Waals surface area contributed by atoms with Crippen molar-refractivity contribution in [3.8, 4) is 0 Å². The van der Waals surface area contributed by atoms with E-state index in [-0.39, 0.29) is 6.04 Å². The van der Waals surface area contributed by atoms with Crippen LogP contribution in [0.3, 0.4) is 0 Å². The van der Waals surface area contributed by atoms with E-state index in [1.54, 1.807) is 0 Å². The number of hydrogen-bond acceptors (Lipinski definition) is 3. The van der Waals surface area contributed by atoms with Gasteiger partial charge >= 0.3 is 0 Å². The fourth-order valence-corrected chi connectivity index (χ4v) is 4.35. The number of benzene rings is 3. The first kappa shape index (κ1) is 12.9. The molecule has 0 radical (unpaired) electrons. The molecule has 4 heteroatoms. The third kappa shape index (κ3) is 1.92. The molecule has 0 amide bonds. The van der Waals surface area contributed by atoms with Crippen LogP contribution in [0.2, 0.25) is 0 Å². The van der Waals surface area contributed by atoms with Crippen molar-refractivity contribution < 1.29 is 0 Å². The molecule has 4 aromatic rings. The van der Waals surface area contributed by atoms with E-state index < -0.39 is 0 Å². The largest absolute Gasteiger partial charge is 0.233 e. The van der Waals surface area contributed by atoms with Crippen LogP contribution in [-0.4, -0.2) is 15.0 Å². The fraction of sp³-hybridized carbons (Fsp3) is 0.0526. The average Bonchev–Trinajstić information content (AvgIpc) is 3.03. The normalized spacial score (nSPS) is 13.7. The third-order valence-corrected chi connectivity index (χ3v) is 5.45. The lowest BCUT2D eigenvalue weighted by atomic mass is 9.98. The summed E-state index contributed by atoms with van der Waals surface area (Å²) in [5.41, 5.74) is 4.56. The molecule has 3 aromatic carbocycles. The first-order valence-electron chi connectivity index (χ1n) is 7.57. The number of para-hydroxylation sites is 1. The van der Waals surface area contributed by atoms with Gasteiger partial charge in [0, 0.05) is 9.79 Å². The summed E-state index contributed by atoms with van der Waals surface area (Å²) < 4.78 is 2.05. The van der Waals surface area contributed by atoms with Gasteiger partial charge in [-0.15, -0.1) is 5.10 Å². The van der Waals surface area contributed by atoms with Crippen LogP contribution >= 0.6 is 11.8 Å². The van der Waals surface area contributed by atoms with Crippen LogP contribution in [0, 0.1) is 0 Å².